The molecule has 0 spiro atoms. The van der Waals surface area contributed by atoms with E-state index in [9.17, 15) is 0 Å². The molecule has 3 heteroatoms. The van der Waals surface area contributed by atoms with Gasteiger partial charge in [-0.05, 0) is 43.4 Å². The number of rotatable bonds is 0. The van der Waals surface area contributed by atoms with Gasteiger partial charge in [-0.15, -0.1) is 0 Å². The Morgan fingerprint density at radius 1 is 1.27 bits per heavy atom. The van der Waals surface area contributed by atoms with Gasteiger partial charge in [-0.2, -0.15) is 10.3 Å². The smallest absolute Gasteiger partial charge is 0.178 e. The summed E-state index contributed by atoms with van der Waals surface area (Å²) < 4.78 is 1.05. The van der Waals surface area contributed by atoms with Crippen LogP contribution in [0.3, 0.4) is 0 Å². The lowest BCUT2D eigenvalue weighted by Crippen LogP contribution is -2.01. The van der Waals surface area contributed by atoms with E-state index in [1.165, 1.54) is 12.0 Å². The molecule has 0 bridgehead atoms. The average molecular weight is 263 g/mol. The van der Waals surface area contributed by atoms with Gasteiger partial charge in [0.2, 0.25) is 6.19 Å². The van der Waals surface area contributed by atoms with Gasteiger partial charge in [0.15, 0.2) is 0 Å². The number of benzene rings is 1. The molecule has 0 aromatic heterocycles. The van der Waals surface area contributed by atoms with Crippen molar-refractivity contribution in [1.29, 1.82) is 5.26 Å². The van der Waals surface area contributed by atoms with Crippen LogP contribution in [0.5, 0.6) is 0 Å². The number of aliphatic imine (C=N–C) groups is 1. The molecule has 1 aliphatic carbocycles. The lowest BCUT2D eigenvalue weighted by Gasteiger charge is -2.06. The summed E-state index contributed by atoms with van der Waals surface area (Å²) in [5.74, 6) is 0. The van der Waals surface area contributed by atoms with Crippen LogP contribution in [0.2, 0.25) is 0 Å². The van der Waals surface area contributed by atoms with Gasteiger partial charge in [-0.1, -0.05) is 22.0 Å². The maximum absolute atomic E-state index is 8.66. The van der Waals surface area contributed by atoms with E-state index in [0.717, 1.165) is 35.0 Å². The molecule has 1 aromatic rings. The molecule has 15 heavy (non-hydrogen) atoms. The van der Waals surface area contributed by atoms with Crippen molar-refractivity contribution in [2.75, 3.05) is 0 Å². The van der Waals surface area contributed by atoms with Crippen LogP contribution in [0, 0.1) is 11.5 Å². The van der Waals surface area contributed by atoms with Crippen LogP contribution in [0.1, 0.15) is 30.4 Å². The van der Waals surface area contributed by atoms with E-state index in [0.29, 0.717) is 0 Å². The standard InChI is InChI=1S/C12H11BrN2/c13-10-6-5-9-3-1-2-4-12(15-8-14)11(9)7-10/h5-7H,1-4H2/b15-12+. The van der Waals surface area contributed by atoms with Crippen molar-refractivity contribution < 1.29 is 0 Å². The van der Waals surface area contributed by atoms with Gasteiger partial charge in [0.25, 0.3) is 0 Å². The molecule has 0 saturated heterocycles. The Hall–Kier alpha value is -1.14. The summed E-state index contributed by atoms with van der Waals surface area (Å²) >= 11 is 3.46. The van der Waals surface area contributed by atoms with Gasteiger partial charge in [-0.25, -0.2) is 0 Å². The summed E-state index contributed by atoms with van der Waals surface area (Å²) in [6.07, 6.45) is 6.20. The van der Waals surface area contributed by atoms with Crippen molar-refractivity contribution in [3.05, 3.63) is 33.8 Å². The Balaban J connectivity index is 2.53. The zero-order valence-electron chi connectivity index (χ0n) is 8.33. The van der Waals surface area contributed by atoms with Crippen molar-refractivity contribution in [3.8, 4) is 6.19 Å². The highest BCUT2D eigenvalue weighted by atomic mass is 79.9. The first-order chi connectivity index (χ1) is 7.31. The van der Waals surface area contributed by atoms with E-state index < -0.39 is 0 Å². The molecule has 0 radical (unpaired) electrons. The van der Waals surface area contributed by atoms with Crippen molar-refractivity contribution in [3.63, 3.8) is 0 Å². The van der Waals surface area contributed by atoms with E-state index in [4.69, 9.17) is 5.26 Å². The second kappa shape index (κ2) is 4.59. The molecular formula is C12H11BrN2. The van der Waals surface area contributed by atoms with Gasteiger partial charge in [0.05, 0.1) is 5.71 Å². The minimum atomic E-state index is 0.914. The second-order valence-corrected chi connectivity index (χ2v) is 4.58. The highest BCUT2D eigenvalue weighted by molar-refractivity contribution is 9.10. The van der Waals surface area contributed by atoms with Gasteiger partial charge in [0, 0.05) is 10.0 Å². The fraction of sp³-hybridized carbons (Fsp3) is 0.333. The molecule has 76 valence electrons. The van der Waals surface area contributed by atoms with E-state index in [-0.39, 0.29) is 0 Å². The van der Waals surface area contributed by atoms with Gasteiger partial charge in [0.1, 0.15) is 0 Å². The molecule has 1 aromatic carbocycles. The summed E-state index contributed by atoms with van der Waals surface area (Å²) in [4.78, 5) is 3.93. The molecule has 0 heterocycles. The molecule has 2 nitrogen and oxygen atoms in total. The number of fused-ring (bicyclic) bond motifs is 1. The molecule has 0 saturated carbocycles. The number of halogens is 1. The highest BCUT2D eigenvalue weighted by Crippen LogP contribution is 2.24. The number of aryl methyl sites for hydroxylation is 1. The van der Waals surface area contributed by atoms with Gasteiger partial charge < -0.3 is 0 Å². The summed E-state index contributed by atoms with van der Waals surface area (Å²) in [5.41, 5.74) is 3.39. The lowest BCUT2D eigenvalue weighted by atomic mass is 10.0. The van der Waals surface area contributed by atoms with Crippen molar-refractivity contribution in [2.24, 2.45) is 4.99 Å². The third kappa shape index (κ3) is 2.27. The minimum Gasteiger partial charge on any atom is -0.178 e. The first-order valence-electron chi connectivity index (χ1n) is 5.05. The summed E-state index contributed by atoms with van der Waals surface area (Å²) in [5, 5.41) is 8.66. The number of hydrogen-bond donors (Lipinski definition) is 0. The maximum Gasteiger partial charge on any atom is 0.205 e. The van der Waals surface area contributed by atoms with Gasteiger partial charge in [-0.3, -0.25) is 0 Å². The van der Waals surface area contributed by atoms with Crippen LogP contribution < -0.4 is 0 Å². The van der Waals surface area contributed by atoms with Crippen LogP contribution in [0.4, 0.5) is 0 Å². The zero-order valence-corrected chi connectivity index (χ0v) is 9.92. The predicted molar refractivity (Wildman–Crippen MR) is 63.8 cm³/mol. The van der Waals surface area contributed by atoms with Gasteiger partial charge >= 0.3 is 0 Å². The number of nitrogens with zero attached hydrogens (tertiary/aromatic N) is 2. The third-order valence-electron chi connectivity index (χ3n) is 2.68. The molecule has 0 amide bonds. The molecule has 0 N–H and O–H groups in total. The first-order valence-corrected chi connectivity index (χ1v) is 5.85. The maximum atomic E-state index is 8.66. The normalized spacial score (nSPS) is 18.0. The van der Waals surface area contributed by atoms with Crippen molar-refractivity contribution in [2.45, 2.75) is 25.7 Å². The Bertz CT molecular complexity index is 443. The third-order valence-corrected chi connectivity index (χ3v) is 3.17. The molecular weight excluding hydrogens is 252 g/mol. The van der Waals surface area contributed by atoms with E-state index >= 15 is 0 Å². The van der Waals surface area contributed by atoms with Crippen LogP contribution in [0.25, 0.3) is 0 Å². The Morgan fingerprint density at radius 3 is 2.87 bits per heavy atom. The van der Waals surface area contributed by atoms with Crippen LogP contribution in [-0.2, 0) is 6.42 Å². The summed E-state index contributed by atoms with van der Waals surface area (Å²) in [6, 6.07) is 6.24. The quantitative estimate of drug-likeness (QED) is 0.521. The lowest BCUT2D eigenvalue weighted by molar-refractivity contribution is 0.776. The minimum absolute atomic E-state index is 0.914. The molecule has 0 atom stereocenters. The molecule has 0 fully saturated rings. The number of nitriles is 1. The average Bonchev–Trinajstić information content (AvgIpc) is 2.42. The Kier molecular flexibility index (Phi) is 3.17. The monoisotopic (exact) mass is 262 g/mol. The zero-order chi connectivity index (χ0) is 10.7. The van der Waals surface area contributed by atoms with Crippen LogP contribution in [0.15, 0.2) is 27.7 Å². The molecule has 1 aliphatic rings. The molecule has 0 unspecified atom stereocenters. The Morgan fingerprint density at radius 2 is 2.07 bits per heavy atom. The predicted octanol–water partition coefficient (Wildman–Crippen LogP) is 3.45. The Labute approximate surface area is 97.8 Å². The van der Waals surface area contributed by atoms with E-state index in [1.807, 2.05) is 12.3 Å². The fourth-order valence-corrected chi connectivity index (χ4v) is 2.32. The largest absolute Gasteiger partial charge is 0.205 e. The molecule has 2 rings (SSSR count). The van der Waals surface area contributed by atoms with E-state index in [1.54, 1.807) is 0 Å². The first kappa shape index (κ1) is 10.4. The molecule has 0 aliphatic heterocycles. The number of hydrogen-bond acceptors (Lipinski definition) is 2. The SMILES string of the molecule is N#C/N=C1\CCCCc2ccc(Br)cc21. The fourth-order valence-electron chi connectivity index (χ4n) is 1.95. The summed E-state index contributed by atoms with van der Waals surface area (Å²) in [7, 11) is 0. The topological polar surface area (TPSA) is 36.1 Å². The van der Waals surface area contributed by atoms with Crippen molar-refractivity contribution >= 4 is 21.6 Å². The van der Waals surface area contributed by atoms with Crippen LogP contribution in [-0.4, -0.2) is 5.71 Å². The highest BCUT2D eigenvalue weighted by Gasteiger charge is 2.13. The van der Waals surface area contributed by atoms with Crippen molar-refractivity contribution in [1.82, 2.24) is 0 Å². The second-order valence-electron chi connectivity index (χ2n) is 3.67. The van der Waals surface area contributed by atoms with E-state index in [2.05, 4.69) is 33.1 Å². The summed E-state index contributed by atoms with van der Waals surface area (Å²) in [6.45, 7) is 0. The van der Waals surface area contributed by atoms with Crippen LogP contribution >= 0.6 is 15.9 Å².